The fraction of sp³-hybridized carbons (Fsp3) is 0.357. The molecule has 1 atom stereocenters. The zero-order valence-corrected chi connectivity index (χ0v) is 22.8. The maximum atomic E-state index is 12.2. The second-order valence-corrected chi connectivity index (χ2v) is 8.99. The highest BCUT2D eigenvalue weighted by atomic mass is 19.4. The summed E-state index contributed by atoms with van der Waals surface area (Å²) < 4.78 is 36.1. The Morgan fingerprint density at radius 3 is 2.24 bits per heavy atom. The Labute approximate surface area is 236 Å². The van der Waals surface area contributed by atoms with E-state index in [4.69, 9.17) is 17.2 Å². The molecule has 0 radical (unpaired) electrons. The number of halogens is 3. The molecule has 222 valence electrons. The molecule has 0 fully saturated rings. The van der Waals surface area contributed by atoms with Crippen molar-refractivity contribution in [2.45, 2.75) is 32.0 Å². The number of alkyl halides is 3. The van der Waals surface area contributed by atoms with Gasteiger partial charge in [-0.15, -0.1) is 0 Å². The molecule has 10 nitrogen and oxygen atoms in total. The summed E-state index contributed by atoms with van der Waals surface area (Å²) in [5.74, 6) is -1.30. The lowest BCUT2D eigenvalue weighted by Gasteiger charge is -2.22. The first-order valence-corrected chi connectivity index (χ1v) is 13.0. The molecule has 0 aliphatic heterocycles. The number of nitrogens with two attached hydrogens (primary N) is 3. The summed E-state index contributed by atoms with van der Waals surface area (Å²) in [6.45, 7) is 2.90. The van der Waals surface area contributed by atoms with Gasteiger partial charge in [0.15, 0.2) is 0 Å². The number of hydrogen-bond acceptors (Lipinski definition) is 7. The predicted molar refractivity (Wildman–Crippen MR) is 151 cm³/mol. The molecule has 0 aliphatic carbocycles. The number of hydrogen-bond donors (Lipinski definition) is 5. The zero-order valence-electron chi connectivity index (χ0n) is 22.8. The quantitative estimate of drug-likeness (QED) is 0.233. The average Bonchev–Trinajstić information content (AvgIpc) is 2.95. The van der Waals surface area contributed by atoms with Crippen molar-refractivity contribution < 1.29 is 27.6 Å². The Morgan fingerprint density at radius 1 is 1.00 bits per heavy atom. The van der Waals surface area contributed by atoms with E-state index in [2.05, 4.69) is 15.6 Å². The van der Waals surface area contributed by atoms with Crippen LogP contribution < -0.4 is 27.8 Å². The van der Waals surface area contributed by atoms with E-state index in [1.54, 1.807) is 30.5 Å². The Bertz CT molecular complexity index is 1280. The van der Waals surface area contributed by atoms with Gasteiger partial charge in [-0.2, -0.15) is 13.2 Å². The molecule has 1 heterocycles. The number of aromatic nitrogens is 1. The summed E-state index contributed by atoms with van der Waals surface area (Å²) in [5.41, 5.74) is 18.5. The number of fused-ring (bicyclic) bond motifs is 1. The van der Waals surface area contributed by atoms with Crippen molar-refractivity contribution in [3.63, 3.8) is 0 Å². The Balaban J connectivity index is 0.000000408. The fourth-order valence-electron chi connectivity index (χ4n) is 3.67. The summed E-state index contributed by atoms with van der Waals surface area (Å²) in [5, 5.41) is 6.02. The van der Waals surface area contributed by atoms with Crippen LogP contribution in [0.15, 0.2) is 60.8 Å². The van der Waals surface area contributed by atoms with Gasteiger partial charge in [0, 0.05) is 43.4 Å². The van der Waals surface area contributed by atoms with Gasteiger partial charge in [0.25, 0.3) is 0 Å². The van der Waals surface area contributed by atoms with Gasteiger partial charge < -0.3 is 32.7 Å². The minimum Gasteiger partial charge on any atom is -0.346 e. The lowest BCUT2D eigenvalue weighted by atomic mass is 10.1. The van der Waals surface area contributed by atoms with Gasteiger partial charge in [0.05, 0.1) is 30.1 Å². The smallest absolute Gasteiger partial charge is 0.346 e. The highest BCUT2D eigenvalue weighted by Crippen LogP contribution is 2.29. The minimum absolute atomic E-state index is 0.189. The lowest BCUT2D eigenvalue weighted by Crippen LogP contribution is -2.47. The van der Waals surface area contributed by atoms with Crippen molar-refractivity contribution in [2.75, 3.05) is 38.0 Å². The van der Waals surface area contributed by atoms with Crippen LogP contribution >= 0.6 is 0 Å². The topological polar surface area (TPSA) is 169 Å². The number of rotatable bonds is 11. The molecule has 3 rings (SSSR count). The largest absolute Gasteiger partial charge is 0.416 e. The molecule has 41 heavy (non-hydrogen) atoms. The molecule has 2 aromatic carbocycles. The van der Waals surface area contributed by atoms with Crippen molar-refractivity contribution in [3.05, 3.63) is 71.9 Å². The third-order valence-corrected chi connectivity index (χ3v) is 5.88. The predicted octanol–water partition coefficient (Wildman–Crippen LogP) is 2.02. The number of pyridine rings is 1. The van der Waals surface area contributed by atoms with E-state index in [0.717, 1.165) is 35.0 Å². The van der Waals surface area contributed by atoms with Crippen molar-refractivity contribution >= 4 is 34.3 Å². The molecule has 1 aromatic heterocycles. The summed E-state index contributed by atoms with van der Waals surface area (Å²) in [4.78, 5) is 42.1. The van der Waals surface area contributed by atoms with Crippen LogP contribution in [0.25, 0.3) is 10.9 Å². The molecule has 8 N–H and O–H groups in total. The van der Waals surface area contributed by atoms with Crippen LogP contribution in [0, 0.1) is 0 Å². The summed E-state index contributed by atoms with van der Waals surface area (Å²) in [6, 6.07) is 13.1. The first-order chi connectivity index (χ1) is 19.5. The van der Waals surface area contributed by atoms with E-state index in [1.807, 2.05) is 13.0 Å². The number of aryl methyl sites for hydroxylation is 1. The van der Waals surface area contributed by atoms with E-state index in [-0.39, 0.29) is 32.0 Å². The van der Waals surface area contributed by atoms with Crippen LogP contribution in [-0.2, 0) is 27.0 Å². The molecular formula is C28H36F3N7O3. The molecule has 0 saturated heterocycles. The molecule has 0 saturated carbocycles. The molecule has 0 spiro atoms. The normalized spacial score (nSPS) is 11.7. The van der Waals surface area contributed by atoms with Crippen molar-refractivity contribution in [2.24, 2.45) is 17.2 Å². The van der Waals surface area contributed by atoms with E-state index in [9.17, 15) is 27.6 Å². The van der Waals surface area contributed by atoms with Gasteiger partial charge in [0.2, 0.25) is 17.7 Å². The Kier molecular flexibility index (Phi) is 13.1. The number of nitrogens with zero attached hydrogens (tertiary/aromatic N) is 2. The van der Waals surface area contributed by atoms with E-state index in [1.165, 1.54) is 17.0 Å². The van der Waals surface area contributed by atoms with Crippen LogP contribution in [0.5, 0.6) is 0 Å². The third kappa shape index (κ3) is 11.1. The molecule has 3 amide bonds. The van der Waals surface area contributed by atoms with E-state index in [0.29, 0.717) is 18.8 Å². The number of carbonyl (C=O) groups excluding carboxylic acids is 3. The van der Waals surface area contributed by atoms with Gasteiger partial charge >= 0.3 is 6.18 Å². The number of carbonyl (C=O) groups is 3. The molecular weight excluding hydrogens is 539 g/mol. The van der Waals surface area contributed by atoms with Crippen LogP contribution in [-0.4, -0.2) is 66.4 Å². The second kappa shape index (κ2) is 16.3. The highest BCUT2D eigenvalue weighted by Gasteiger charge is 2.29. The standard InChI is InChI=1S/C19H27N7O3.C9H9F3/c20-5-8-26(9-6-21)18(28)11-15(22)19(29)24-12-17(27)25-14-3-4-16-13(10-14)2-1-7-23-16;1-2-7-3-5-8(6-4-7)9(10,11)12/h1-4,7,10,15H,5-6,8-9,11-12,20-22H2,(H,24,29)(H,25,27);3-6H,2H2,1H3. The SMILES string of the molecule is CCc1ccc(C(F)(F)F)cc1.NCCN(CCN)C(=O)CC(N)C(=O)NCC(=O)Nc1ccc2ncccc2c1. The molecule has 0 bridgehead atoms. The summed E-state index contributed by atoms with van der Waals surface area (Å²) >= 11 is 0. The maximum Gasteiger partial charge on any atom is 0.416 e. The monoisotopic (exact) mass is 575 g/mol. The first kappa shape index (κ1) is 33.1. The van der Waals surface area contributed by atoms with Gasteiger partial charge in [-0.3, -0.25) is 19.4 Å². The number of nitrogens with one attached hydrogen (secondary N) is 2. The van der Waals surface area contributed by atoms with Gasteiger partial charge in [0.1, 0.15) is 0 Å². The fourth-order valence-corrected chi connectivity index (χ4v) is 3.67. The van der Waals surface area contributed by atoms with Crippen LogP contribution in [0.1, 0.15) is 24.5 Å². The lowest BCUT2D eigenvalue weighted by molar-refractivity contribution is -0.137. The summed E-state index contributed by atoms with van der Waals surface area (Å²) in [6.07, 6.45) is -1.95. The first-order valence-electron chi connectivity index (χ1n) is 13.0. The molecule has 13 heteroatoms. The van der Waals surface area contributed by atoms with E-state index >= 15 is 0 Å². The molecule has 0 aliphatic rings. The molecule has 3 aromatic rings. The number of anilines is 1. The minimum atomic E-state index is -4.22. The van der Waals surface area contributed by atoms with Crippen LogP contribution in [0.2, 0.25) is 0 Å². The van der Waals surface area contributed by atoms with Crippen molar-refractivity contribution in [1.82, 2.24) is 15.2 Å². The Morgan fingerprint density at radius 2 is 1.66 bits per heavy atom. The van der Waals surface area contributed by atoms with Gasteiger partial charge in [-0.05, 0) is 48.4 Å². The van der Waals surface area contributed by atoms with E-state index < -0.39 is 29.6 Å². The zero-order chi connectivity index (χ0) is 30.4. The number of amides is 3. The van der Waals surface area contributed by atoms with Crippen molar-refractivity contribution in [3.8, 4) is 0 Å². The second-order valence-electron chi connectivity index (χ2n) is 8.99. The van der Waals surface area contributed by atoms with Gasteiger partial charge in [-0.1, -0.05) is 25.1 Å². The molecule has 1 unspecified atom stereocenters. The van der Waals surface area contributed by atoms with Crippen LogP contribution in [0.4, 0.5) is 18.9 Å². The number of benzene rings is 2. The van der Waals surface area contributed by atoms with Gasteiger partial charge in [-0.25, -0.2) is 0 Å². The maximum absolute atomic E-state index is 12.2. The Hall–Kier alpha value is -4.07. The van der Waals surface area contributed by atoms with Crippen LogP contribution in [0.3, 0.4) is 0 Å². The third-order valence-electron chi connectivity index (χ3n) is 5.88. The highest BCUT2D eigenvalue weighted by molar-refractivity contribution is 5.97. The average molecular weight is 576 g/mol. The summed E-state index contributed by atoms with van der Waals surface area (Å²) in [7, 11) is 0. The van der Waals surface area contributed by atoms with Crippen molar-refractivity contribution in [1.29, 1.82) is 0 Å².